The van der Waals surface area contributed by atoms with Gasteiger partial charge in [0.25, 0.3) is 11.8 Å². The molecule has 1 unspecified atom stereocenters. The number of nitrogens with one attached hydrogen (secondary N) is 1. The van der Waals surface area contributed by atoms with Crippen molar-refractivity contribution in [3.05, 3.63) is 129 Å². The lowest BCUT2D eigenvalue weighted by Crippen LogP contribution is -2.61. The van der Waals surface area contributed by atoms with Crippen molar-refractivity contribution in [1.82, 2.24) is 20.0 Å². The lowest BCUT2D eigenvalue weighted by molar-refractivity contribution is -0.137. The number of phenols is 1. The van der Waals surface area contributed by atoms with Gasteiger partial charge in [-0.15, -0.1) is 0 Å². The number of phenolic OH excluding ortho intramolecular Hbond substituents is 1. The molecule has 0 bridgehead atoms. The van der Waals surface area contributed by atoms with E-state index in [0.29, 0.717) is 24.8 Å². The minimum Gasteiger partial charge on any atom is -0.508 e. The Morgan fingerprint density at radius 2 is 1.44 bits per heavy atom. The van der Waals surface area contributed by atoms with Crippen LogP contribution in [0.4, 0.5) is 5.69 Å². The monoisotopic (exact) mass is 763 g/mol. The highest BCUT2D eigenvalue weighted by atomic mass is 16.3. The van der Waals surface area contributed by atoms with Crippen LogP contribution >= 0.6 is 0 Å². The molecule has 4 aromatic carbocycles. The zero-order valence-corrected chi connectivity index (χ0v) is 31.8. The fourth-order valence-corrected chi connectivity index (χ4v) is 10.5. The molecule has 0 aromatic heterocycles. The molecular weight excluding hydrogens is 719 g/mol. The summed E-state index contributed by atoms with van der Waals surface area (Å²) in [6.07, 6.45) is 4.13. The molecule has 3 fully saturated rings. The van der Waals surface area contributed by atoms with Gasteiger partial charge in [0.05, 0.1) is 17.7 Å². The van der Waals surface area contributed by atoms with Crippen LogP contribution in [0.25, 0.3) is 0 Å². The first-order valence-electron chi connectivity index (χ1n) is 20.2. The van der Waals surface area contributed by atoms with Crippen molar-refractivity contribution in [3.63, 3.8) is 0 Å². The van der Waals surface area contributed by atoms with Crippen LogP contribution in [0.3, 0.4) is 0 Å². The summed E-state index contributed by atoms with van der Waals surface area (Å²) in [7, 11) is 0. The van der Waals surface area contributed by atoms with Crippen molar-refractivity contribution in [1.29, 1.82) is 0 Å². The highest BCUT2D eigenvalue weighted by molar-refractivity contribution is 6.23. The molecule has 11 nitrogen and oxygen atoms in total. The van der Waals surface area contributed by atoms with Crippen LogP contribution in [-0.4, -0.2) is 88.1 Å². The second kappa shape index (κ2) is 13.7. The van der Waals surface area contributed by atoms with E-state index in [4.69, 9.17) is 0 Å². The molecule has 1 aliphatic carbocycles. The molecule has 0 radical (unpaired) electrons. The number of fused-ring (bicyclic) bond motifs is 3. The van der Waals surface area contributed by atoms with E-state index in [0.717, 1.165) is 67.9 Å². The van der Waals surface area contributed by atoms with E-state index in [-0.39, 0.29) is 47.8 Å². The third-order valence-corrected chi connectivity index (χ3v) is 13.6. The van der Waals surface area contributed by atoms with Gasteiger partial charge in [-0.05, 0) is 108 Å². The molecule has 57 heavy (non-hydrogen) atoms. The molecule has 1 spiro atoms. The summed E-state index contributed by atoms with van der Waals surface area (Å²) in [5, 5.41) is 12.5. The molecule has 2 N–H and O–H groups in total. The number of hydrogen-bond acceptors (Lipinski definition) is 8. The van der Waals surface area contributed by atoms with E-state index in [1.54, 1.807) is 12.1 Å². The molecular formula is C46H45N5O6. The van der Waals surface area contributed by atoms with Crippen LogP contribution < -0.4 is 10.2 Å². The first kappa shape index (κ1) is 35.6. The lowest BCUT2D eigenvalue weighted by Gasteiger charge is -2.55. The average Bonchev–Trinajstić information content (AvgIpc) is 3.71. The number of rotatable bonds is 6. The Morgan fingerprint density at radius 3 is 2.11 bits per heavy atom. The molecule has 0 saturated carbocycles. The van der Waals surface area contributed by atoms with Gasteiger partial charge in [-0.1, -0.05) is 48.5 Å². The third-order valence-electron chi connectivity index (χ3n) is 13.6. The van der Waals surface area contributed by atoms with Gasteiger partial charge >= 0.3 is 0 Å². The Bertz CT molecular complexity index is 2280. The topological polar surface area (TPSA) is 131 Å². The largest absolute Gasteiger partial charge is 0.508 e. The summed E-state index contributed by atoms with van der Waals surface area (Å²) in [5.41, 5.74) is 8.99. The molecule has 3 saturated heterocycles. The molecule has 5 aliphatic heterocycles. The van der Waals surface area contributed by atoms with Crippen molar-refractivity contribution >= 4 is 35.2 Å². The maximum Gasteiger partial charge on any atom is 0.262 e. The predicted molar refractivity (Wildman–Crippen MR) is 212 cm³/mol. The van der Waals surface area contributed by atoms with Crippen molar-refractivity contribution in [2.75, 3.05) is 37.6 Å². The SMILES string of the molecule is O=C1CCC(N2C(=O)c3cc4c(cc3C2=O)CN(CC(=O)N2CCC3(CC2)CN(c2ccc([C@@H]5c6ccc(O)cc6CC[C@@H]5c5ccccc5)cc2)C3)C4)C(=O)N1. The number of hydrogen-bond donors (Lipinski definition) is 2. The first-order valence-corrected chi connectivity index (χ1v) is 20.2. The Kier molecular flexibility index (Phi) is 8.55. The molecule has 11 heteroatoms. The van der Waals surface area contributed by atoms with Crippen LogP contribution in [0, 0.1) is 5.41 Å². The molecule has 5 amide bonds. The number of likely N-dealkylation sites (tertiary alicyclic amines) is 1. The van der Waals surface area contributed by atoms with Gasteiger partial charge < -0.3 is 14.9 Å². The summed E-state index contributed by atoms with van der Waals surface area (Å²) in [6.45, 7) is 4.71. The minimum absolute atomic E-state index is 0.0794. The summed E-state index contributed by atoms with van der Waals surface area (Å²) in [4.78, 5) is 71.7. The van der Waals surface area contributed by atoms with Crippen LogP contribution in [0.15, 0.2) is 84.9 Å². The quantitative estimate of drug-likeness (QED) is 0.260. The highest BCUT2D eigenvalue weighted by Gasteiger charge is 2.47. The summed E-state index contributed by atoms with van der Waals surface area (Å²) >= 11 is 0. The zero-order valence-electron chi connectivity index (χ0n) is 31.8. The van der Waals surface area contributed by atoms with Crippen LogP contribution in [0.2, 0.25) is 0 Å². The smallest absolute Gasteiger partial charge is 0.262 e. The number of aryl methyl sites for hydroxylation is 1. The number of amides is 5. The fourth-order valence-electron chi connectivity index (χ4n) is 10.5. The van der Waals surface area contributed by atoms with E-state index in [1.165, 1.54) is 27.9 Å². The van der Waals surface area contributed by atoms with E-state index in [2.05, 4.69) is 75.8 Å². The van der Waals surface area contributed by atoms with E-state index < -0.39 is 29.7 Å². The van der Waals surface area contributed by atoms with Crippen molar-refractivity contribution < 1.29 is 29.1 Å². The number of piperidine rings is 2. The van der Waals surface area contributed by atoms with Gasteiger partial charge in [-0.25, -0.2) is 0 Å². The van der Waals surface area contributed by atoms with Crippen LogP contribution in [0.5, 0.6) is 5.75 Å². The first-order chi connectivity index (χ1) is 27.6. The number of carbonyl (C=O) groups excluding carboxylic acids is 5. The van der Waals surface area contributed by atoms with Crippen LogP contribution in [-0.2, 0) is 33.9 Å². The van der Waals surface area contributed by atoms with E-state index >= 15 is 0 Å². The summed E-state index contributed by atoms with van der Waals surface area (Å²) in [6, 6.07) is 28.3. The van der Waals surface area contributed by atoms with Gasteiger partial charge in [0.15, 0.2) is 0 Å². The molecule has 4 aromatic rings. The highest BCUT2D eigenvalue weighted by Crippen LogP contribution is 2.48. The second-order valence-corrected chi connectivity index (χ2v) is 17.0. The zero-order chi connectivity index (χ0) is 39.0. The van der Waals surface area contributed by atoms with Gasteiger partial charge in [0.1, 0.15) is 11.8 Å². The number of anilines is 1. The number of imide groups is 2. The maximum absolute atomic E-state index is 13.5. The van der Waals surface area contributed by atoms with Gasteiger partial charge in [-0.2, -0.15) is 0 Å². The lowest BCUT2D eigenvalue weighted by atomic mass is 9.69. The Hall–Kier alpha value is -5.81. The number of benzene rings is 4. The van der Waals surface area contributed by atoms with Crippen molar-refractivity contribution in [2.45, 2.75) is 69.5 Å². The molecule has 290 valence electrons. The van der Waals surface area contributed by atoms with Gasteiger partial charge in [0, 0.05) is 62.7 Å². The minimum atomic E-state index is -0.991. The van der Waals surface area contributed by atoms with Gasteiger partial charge in [-0.3, -0.25) is 39.1 Å². The Balaban J connectivity index is 0.739. The molecule has 5 heterocycles. The average molecular weight is 764 g/mol. The standard InChI is InChI=1S/C46H45N5O6/c52-34-11-13-36-30(20-34)8-12-35(28-4-2-1-3-5-28)42(36)29-6-9-33(10-7-29)50-26-46(27-50)16-18-49(19-17-46)41(54)25-48-23-31-21-37-38(22-32(31)24-48)45(57)51(44(37)56)39-14-15-40(53)47-43(39)55/h1-7,9-11,13,20-22,35,39,42,52H,8,12,14-19,23-27H2,(H,47,53,55)/t35-,39?,42+/m1/s1. The molecule has 10 rings (SSSR count). The van der Waals surface area contributed by atoms with Crippen molar-refractivity contribution in [3.8, 4) is 5.75 Å². The van der Waals surface area contributed by atoms with Gasteiger partial charge in [0.2, 0.25) is 17.7 Å². The number of carbonyl (C=O) groups is 5. The Morgan fingerprint density at radius 1 is 0.754 bits per heavy atom. The number of aromatic hydroxyl groups is 1. The van der Waals surface area contributed by atoms with Crippen molar-refractivity contribution in [2.24, 2.45) is 5.41 Å². The normalized spacial score (nSPS) is 23.9. The third kappa shape index (κ3) is 6.19. The Labute approximate surface area is 331 Å². The fraction of sp³-hybridized carbons (Fsp3) is 0.370. The van der Waals surface area contributed by atoms with E-state index in [9.17, 15) is 29.1 Å². The number of nitrogens with zero attached hydrogens (tertiary/aromatic N) is 4. The molecule has 3 atom stereocenters. The predicted octanol–water partition coefficient (Wildman–Crippen LogP) is 5.10. The maximum atomic E-state index is 13.5. The molecule has 6 aliphatic rings. The van der Waals surface area contributed by atoms with Crippen LogP contribution in [0.1, 0.15) is 98.0 Å². The van der Waals surface area contributed by atoms with E-state index in [1.807, 2.05) is 17.0 Å². The summed E-state index contributed by atoms with van der Waals surface area (Å²) < 4.78 is 0. The summed E-state index contributed by atoms with van der Waals surface area (Å²) in [5.74, 6) is -1.04. The second-order valence-electron chi connectivity index (χ2n) is 17.0.